The fraction of sp³-hybridized carbons (Fsp3) is 0.429. The molecule has 19 heavy (non-hydrogen) atoms. The topological polar surface area (TPSA) is 78.0 Å². The molecule has 0 radical (unpaired) electrons. The Labute approximate surface area is 112 Å². The average molecular weight is 261 g/mol. The number of H-pyrrole nitrogens is 1. The van der Waals surface area contributed by atoms with Gasteiger partial charge in [-0.25, -0.2) is 0 Å². The largest absolute Gasteiger partial charge is 0.396 e. The number of fused-ring (bicyclic) bond motifs is 1. The third kappa shape index (κ3) is 3.79. The number of aromatic amines is 1. The van der Waals surface area contributed by atoms with E-state index in [1.54, 1.807) is 12.3 Å². The lowest BCUT2D eigenvalue weighted by Crippen LogP contribution is -2.24. The molecule has 5 heteroatoms. The van der Waals surface area contributed by atoms with E-state index in [2.05, 4.69) is 15.5 Å². The number of rotatable bonds is 7. The molecule has 0 bridgehead atoms. The highest BCUT2D eigenvalue weighted by atomic mass is 16.2. The number of aliphatic hydroxyl groups is 1. The highest BCUT2D eigenvalue weighted by molar-refractivity contribution is 5.97. The summed E-state index contributed by atoms with van der Waals surface area (Å²) in [5, 5.41) is 19.3. The van der Waals surface area contributed by atoms with Gasteiger partial charge >= 0.3 is 0 Å². The lowest BCUT2D eigenvalue weighted by Gasteiger charge is -2.05. The van der Waals surface area contributed by atoms with E-state index in [9.17, 15) is 4.79 Å². The lowest BCUT2D eigenvalue weighted by molar-refractivity contribution is 0.0953. The van der Waals surface area contributed by atoms with E-state index < -0.39 is 0 Å². The zero-order chi connectivity index (χ0) is 13.5. The Kier molecular flexibility index (Phi) is 4.92. The summed E-state index contributed by atoms with van der Waals surface area (Å²) in [5.74, 6) is -0.0568. The van der Waals surface area contributed by atoms with E-state index in [0.29, 0.717) is 12.1 Å². The number of unbranched alkanes of at least 4 members (excludes halogenated alkanes) is 3. The Bertz CT molecular complexity index is 536. The van der Waals surface area contributed by atoms with Crippen LogP contribution in [0, 0.1) is 0 Å². The quantitative estimate of drug-likeness (QED) is 0.665. The molecule has 1 heterocycles. The first-order valence-corrected chi connectivity index (χ1v) is 6.63. The predicted molar refractivity (Wildman–Crippen MR) is 74.0 cm³/mol. The van der Waals surface area contributed by atoms with Gasteiger partial charge in [0, 0.05) is 24.1 Å². The summed E-state index contributed by atoms with van der Waals surface area (Å²) in [4.78, 5) is 11.9. The SMILES string of the molecule is O=C(NCCCCCCO)c1ccc2cn[nH]c2c1. The standard InChI is InChI=1S/C14H19N3O2/c18-8-4-2-1-3-7-15-14(19)11-5-6-12-10-16-17-13(12)9-11/h5-6,9-10,18H,1-4,7-8H2,(H,15,19)(H,16,17). The van der Waals surface area contributed by atoms with Gasteiger partial charge in [-0.15, -0.1) is 0 Å². The van der Waals surface area contributed by atoms with E-state index in [-0.39, 0.29) is 12.5 Å². The van der Waals surface area contributed by atoms with Crippen molar-refractivity contribution in [1.82, 2.24) is 15.5 Å². The molecular formula is C14H19N3O2. The molecule has 1 aromatic carbocycles. The molecule has 2 rings (SSSR count). The van der Waals surface area contributed by atoms with Gasteiger partial charge in [-0.1, -0.05) is 18.9 Å². The van der Waals surface area contributed by atoms with Crippen LogP contribution in [0.25, 0.3) is 10.9 Å². The zero-order valence-corrected chi connectivity index (χ0v) is 10.9. The first-order chi connectivity index (χ1) is 9.31. The van der Waals surface area contributed by atoms with Gasteiger partial charge in [0.05, 0.1) is 11.7 Å². The number of amides is 1. The van der Waals surface area contributed by atoms with Crippen molar-refractivity contribution in [3.8, 4) is 0 Å². The average Bonchev–Trinajstić information content (AvgIpc) is 2.89. The van der Waals surface area contributed by atoms with Crippen molar-refractivity contribution < 1.29 is 9.90 Å². The number of nitrogens with zero attached hydrogens (tertiary/aromatic N) is 1. The molecule has 1 amide bonds. The fourth-order valence-electron chi connectivity index (χ4n) is 1.97. The Morgan fingerprint density at radius 2 is 2.11 bits per heavy atom. The minimum Gasteiger partial charge on any atom is -0.396 e. The Balaban J connectivity index is 1.79. The normalized spacial score (nSPS) is 10.8. The zero-order valence-electron chi connectivity index (χ0n) is 10.9. The van der Waals surface area contributed by atoms with Gasteiger partial charge in [0.1, 0.15) is 0 Å². The van der Waals surface area contributed by atoms with Crippen molar-refractivity contribution in [3.05, 3.63) is 30.0 Å². The number of carbonyl (C=O) groups excluding carboxylic acids is 1. The molecule has 0 spiro atoms. The molecule has 0 aliphatic heterocycles. The third-order valence-corrected chi connectivity index (χ3v) is 3.07. The van der Waals surface area contributed by atoms with Crippen molar-refractivity contribution in [2.75, 3.05) is 13.2 Å². The number of benzene rings is 1. The molecule has 5 nitrogen and oxygen atoms in total. The number of hydrogen-bond acceptors (Lipinski definition) is 3. The van der Waals surface area contributed by atoms with Crippen LogP contribution in [0.1, 0.15) is 36.0 Å². The van der Waals surface area contributed by atoms with Gasteiger partial charge in [0.2, 0.25) is 0 Å². The lowest BCUT2D eigenvalue weighted by atomic mass is 10.1. The van der Waals surface area contributed by atoms with Gasteiger partial charge in [0.25, 0.3) is 5.91 Å². The van der Waals surface area contributed by atoms with E-state index in [1.807, 2.05) is 12.1 Å². The highest BCUT2D eigenvalue weighted by Crippen LogP contribution is 2.12. The van der Waals surface area contributed by atoms with Gasteiger partial charge in [-0.05, 0) is 25.0 Å². The molecule has 3 N–H and O–H groups in total. The minimum atomic E-state index is -0.0568. The van der Waals surface area contributed by atoms with Crippen LogP contribution >= 0.6 is 0 Å². The first-order valence-electron chi connectivity index (χ1n) is 6.63. The minimum absolute atomic E-state index is 0.0568. The molecule has 0 aliphatic rings. The third-order valence-electron chi connectivity index (χ3n) is 3.07. The van der Waals surface area contributed by atoms with E-state index in [4.69, 9.17) is 5.11 Å². The molecular weight excluding hydrogens is 242 g/mol. The molecule has 2 aromatic rings. The Morgan fingerprint density at radius 1 is 1.26 bits per heavy atom. The molecule has 0 atom stereocenters. The van der Waals surface area contributed by atoms with Crippen LogP contribution in [0.5, 0.6) is 0 Å². The summed E-state index contributed by atoms with van der Waals surface area (Å²) in [7, 11) is 0. The van der Waals surface area contributed by atoms with Gasteiger partial charge < -0.3 is 10.4 Å². The number of nitrogens with one attached hydrogen (secondary N) is 2. The summed E-state index contributed by atoms with van der Waals surface area (Å²) in [5.41, 5.74) is 1.52. The monoisotopic (exact) mass is 261 g/mol. The number of carbonyl (C=O) groups is 1. The Hall–Kier alpha value is -1.88. The highest BCUT2D eigenvalue weighted by Gasteiger charge is 2.06. The predicted octanol–water partition coefficient (Wildman–Crippen LogP) is 1.85. The van der Waals surface area contributed by atoms with Crippen molar-refractivity contribution in [2.24, 2.45) is 0 Å². The van der Waals surface area contributed by atoms with Crippen LogP contribution < -0.4 is 5.32 Å². The second kappa shape index (κ2) is 6.89. The van der Waals surface area contributed by atoms with Crippen molar-refractivity contribution in [3.63, 3.8) is 0 Å². The maximum atomic E-state index is 11.9. The van der Waals surface area contributed by atoms with Gasteiger partial charge in [-0.2, -0.15) is 5.10 Å². The smallest absolute Gasteiger partial charge is 0.251 e. The molecule has 102 valence electrons. The van der Waals surface area contributed by atoms with Crippen molar-refractivity contribution in [2.45, 2.75) is 25.7 Å². The molecule has 0 fully saturated rings. The van der Waals surface area contributed by atoms with Crippen LogP contribution in [0.4, 0.5) is 0 Å². The second-order valence-corrected chi connectivity index (χ2v) is 4.57. The van der Waals surface area contributed by atoms with Crippen molar-refractivity contribution in [1.29, 1.82) is 0 Å². The summed E-state index contributed by atoms with van der Waals surface area (Å²) < 4.78 is 0. The van der Waals surface area contributed by atoms with Crippen LogP contribution in [-0.2, 0) is 0 Å². The van der Waals surface area contributed by atoms with Gasteiger partial charge in [-0.3, -0.25) is 9.89 Å². The van der Waals surface area contributed by atoms with Crippen LogP contribution in [-0.4, -0.2) is 34.4 Å². The number of aliphatic hydroxyl groups excluding tert-OH is 1. The molecule has 0 unspecified atom stereocenters. The maximum absolute atomic E-state index is 11.9. The van der Waals surface area contributed by atoms with Crippen LogP contribution in [0.15, 0.2) is 24.4 Å². The summed E-state index contributed by atoms with van der Waals surface area (Å²) in [6.45, 7) is 0.918. The first kappa shape index (κ1) is 13.5. The maximum Gasteiger partial charge on any atom is 0.251 e. The van der Waals surface area contributed by atoms with E-state index >= 15 is 0 Å². The number of hydrogen-bond donors (Lipinski definition) is 3. The van der Waals surface area contributed by atoms with Gasteiger partial charge in [0.15, 0.2) is 0 Å². The molecule has 0 saturated carbocycles. The van der Waals surface area contributed by atoms with E-state index in [1.165, 1.54) is 0 Å². The number of aromatic nitrogens is 2. The van der Waals surface area contributed by atoms with Crippen molar-refractivity contribution >= 4 is 16.8 Å². The summed E-state index contributed by atoms with van der Waals surface area (Å²) in [6.07, 6.45) is 5.55. The molecule has 1 aromatic heterocycles. The molecule has 0 aliphatic carbocycles. The van der Waals surface area contributed by atoms with Crippen LogP contribution in [0.2, 0.25) is 0 Å². The van der Waals surface area contributed by atoms with Crippen LogP contribution in [0.3, 0.4) is 0 Å². The van der Waals surface area contributed by atoms with E-state index in [0.717, 1.165) is 36.6 Å². The summed E-state index contributed by atoms with van der Waals surface area (Å²) >= 11 is 0. The second-order valence-electron chi connectivity index (χ2n) is 4.57. The Morgan fingerprint density at radius 3 is 2.95 bits per heavy atom. The fourth-order valence-corrected chi connectivity index (χ4v) is 1.97. The molecule has 0 saturated heterocycles. The summed E-state index contributed by atoms with van der Waals surface area (Å²) in [6, 6.07) is 5.50.